The number of nitrogens with zero attached hydrogens (tertiary/aromatic N) is 9. The lowest BCUT2D eigenvalue weighted by Crippen LogP contribution is -2.14. The summed E-state index contributed by atoms with van der Waals surface area (Å²) in [5.74, 6) is -0.695. The number of aromatic hydroxyl groups is 1. The van der Waals surface area contributed by atoms with Gasteiger partial charge < -0.3 is 5.11 Å². The number of fused-ring (bicyclic) bond motifs is 1. The molecule has 12 heteroatoms. The summed E-state index contributed by atoms with van der Waals surface area (Å²) in [6.45, 7) is 0. The lowest BCUT2D eigenvalue weighted by atomic mass is 10.0. The fourth-order valence-electron chi connectivity index (χ4n) is 3.29. The number of carbonyl (C=O) groups excluding carboxylic acids is 1. The second-order valence-electron chi connectivity index (χ2n) is 7.02. The molecule has 0 aliphatic rings. The molecule has 0 saturated carbocycles. The van der Waals surface area contributed by atoms with Gasteiger partial charge in [0.2, 0.25) is 5.95 Å². The minimum atomic E-state index is -0.628. The Morgan fingerprint density at radius 2 is 1.71 bits per heavy atom. The van der Waals surface area contributed by atoms with E-state index in [2.05, 4.69) is 40.6 Å². The number of carbonyl (C=O) groups is 1. The fraction of sp³-hybridized carbons (Fsp3) is 0. The van der Waals surface area contributed by atoms with E-state index in [1.165, 1.54) is 41.7 Å². The van der Waals surface area contributed by atoms with E-state index in [4.69, 9.17) is 0 Å². The summed E-state index contributed by atoms with van der Waals surface area (Å²) < 4.78 is 1.25. The van der Waals surface area contributed by atoms with Crippen LogP contribution >= 0.6 is 0 Å². The van der Waals surface area contributed by atoms with E-state index in [1.807, 2.05) is 6.07 Å². The van der Waals surface area contributed by atoms with Crippen molar-refractivity contribution in [2.24, 2.45) is 10.2 Å². The Kier molecular flexibility index (Phi) is 5.55. The highest BCUT2D eigenvalue weighted by molar-refractivity contribution is 6.11. The molecule has 0 atom stereocenters. The molecule has 3 heterocycles. The topological polar surface area (TPSA) is 167 Å². The number of azo groups is 1. The SMILES string of the molecule is N#Cc1cnn(-c2ncccn2)c1N=Nc1c(O)c(C(=O)Nc2ncccn2)cc2ccccc12. The highest BCUT2D eigenvalue weighted by atomic mass is 16.3. The van der Waals surface area contributed by atoms with Gasteiger partial charge in [0.15, 0.2) is 11.6 Å². The van der Waals surface area contributed by atoms with Crippen molar-refractivity contribution >= 4 is 34.1 Å². The third-order valence-electron chi connectivity index (χ3n) is 4.88. The van der Waals surface area contributed by atoms with Crippen molar-refractivity contribution in [1.29, 1.82) is 5.26 Å². The van der Waals surface area contributed by atoms with E-state index in [1.54, 1.807) is 36.4 Å². The molecule has 168 valence electrons. The van der Waals surface area contributed by atoms with Gasteiger partial charge in [0.05, 0.1) is 11.8 Å². The Balaban J connectivity index is 1.61. The third kappa shape index (κ3) is 4.12. The molecule has 0 fully saturated rings. The van der Waals surface area contributed by atoms with Crippen LogP contribution in [0, 0.1) is 11.3 Å². The molecule has 1 amide bonds. The van der Waals surface area contributed by atoms with E-state index in [0.29, 0.717) is 10.8 Å². The largest absolute Gasteiger partial charge is 0.505 e. The molecule has 2 N–H and O–H groups in total. The molecule has 35 heavy (non-hydrogen) atoms. The van der Waals surface area contributed by atoms with Crippen LogP contribution in [-0.2, 0) is 0 Å². The summed E-state index contributed by atoms with van der Waals surface area (Å²) in [4.78, 5) is 29.1. The number of hydrogen-bond donors (Lipinski definition) is 2. The van der Waals surface area contributed by atoms with Crippen molar-refractivity contribution in [2.75, 3.05) is 5.32 Å². The van der Waals surface area contributed by atoms with Gasteiger partial charge in [-0.1, -0.05) is 24.3 Å². The summed E-state index contributed by atoms with van der Waals surface area (Å²) in [7, 11) is 0. The van der Waals surface area contributed by atoms with Crippen LogP contribution in [-0.4, -0.2) is 40.7 Å². The summed E-state index contributed by atoms with van der Waals surface area (Å²) in [5.41, 5.74) is 0.110. The van der Waals surface area contributed by atoms with Gasteiger partial charge in [0.1, 0.15) is 17.3 Å². The van der Waals surface area contributed by atoms with Crippen molar-refractivity contribution in [3.05, 3.63) is 84.6 Å². The first-order chi connectivity index (χ1) is 17.2. The van der Waals surface area contributed by atoms with Crippen LogP contribution in [0.4, 0.5) is 17.5 Å². The Labute approximate surface area is 197 Å². The van der Waals surface area contributed by atoms with E-state index < -0.39 is 11.7 Å². The van der Waals surface area contributed by atoms with Crippen LogP contribution in [0.3, 0.4) is 0 Å². The molecule has 2 aromatic carbocycles. The minimum Gasteiger partial charge on any atom is -0.505 e. The Hall–Kier alpha value is -5.57. The summed E-state index contributed by atoms with van der Waals surface area (Å²) in [5, 5.41) is 36.8. The lowest BCUT2D eigenvalue weighted by molar-refractivity contribution is 0.102. The van der Waals surface area contributed by atoms with Crippen molar-refractivity contribution in [3.8, 4) is 17.8 Å². The van der Waals surface area contributed by atoms with E-state index in [0.717, 1.165) is 0 Å². The maximum atomic E-state index is 12.9. The zero-order valence-corrected chi connectivity index (χ0v) is 17.8. The van der Waals surface area contributed by atoms with Gasteiger partial charge >= 0.3 is 0 Å². The predicted molar refractivity (Wildman–Crippen MR) is 124 cm³/mol. The molecule has 0 unspecified atom stereocenters. The number of anilines is 1. The molecule has 5 rings (SSSR count). The number of rotatable bonds is 5. The van der Waals surface area contributed by atoms with Crippen LogP contribution < -0.4 is 5.32 Å². The van der Waals surface area contributed by atoms with Crippen LogP contribution in [0.1, 0.15) is 15.9 Å². The Morgan fingerprint density at radius 1 is 1.00 bits per heavy atom. The standard InChI is InChI=1S/C23H14N10O2/c24-12-15-13-29-33(23-27-9-4-10-28-23)20(15)32-31-18-16-6-2-1-5-14(16)11-17(19(18)34)21(35)30-22-25-7-3-8-26-22/h1-11,13,34H,(H,25,26,30,35). The number of aromatic nitrogens is 6. The van der Waals surface area contributed by atoms with Crippen LogP contribution in [0.25, 0.3) is 16.7 Å². The van der Waals surface area contributed by atoms with Crippen molar-refractivity contribution < 1.29 is 9.90 Å². The number of phenolic OH excluding ortho intramolecular Hbond substituents is 1. The van der Waals surface area contributed by atoms with Gasteiger partial charge in [-0.25, -0.2) is 19.9 Å². The van der Waals surface area contributed by atoms with Crippen molar-refractivity contribution in [3.63, 3.8) is 0 Å². The van der Waals surface area contributed by atoms with E-state index in [-0.39, 0.29) is 34.5 Å². The molecular weight excluding hydrogens is 448 g/mol. The number of amides is 1. The van der Waals surface area contributed by atoms with E-state index in [9.17, 15) is 15.2 Å². The number of hydrogen-bond acceptors (Lipinski definition) is 10. The third-order valence-corrected chi connectivity index (χ3v) is 4.88. The first kappa shape index (κ1) is 21.3. The first-order valence-corrected chi connectivity index (χ1v) is 10.2. The molecule has 0 radical (unpaired) electrons. The molecule has 5 aromatic rings. The van der Waals surface area contributed by atoms with Gasteiger partial charge in [-0.2, -0.15) is 15.0 Å². The summed E-state index contributed by atoms with van der Waals surface area (Å²) >= 11 is 0. The van der Waals surface area contributed by atoms with Gasteiger partial charge in [-0.15, -0.1) is 10.2 Å². The summed E-state index contributed by atoms with van der Waals surface area (Å²) in [6, 6.07) is 13.8. The molecule has 12 nitrogen and oxygen atoms in total. The number of benzene rings is 2. The second kappa shape index (κ2) is 9.12. The Morgan fingerprint density at radius 3 is 2.46 bits per heavy atom. The molecule has 0 aliphatic heterocycles. The van der Waals surface area contributed by atoms with Crippen LogP contribution in [0.5, 0.6) is 5.75 Å². The average Bonchev–Trinajstić information content (AvgIpc) is 3.32. The van der Waals surface area contributed by atoms with Gasteiger partial charge in [-0.05, 0) is 23.6 Å². The second-order valence-corrected chi connectivity index (χ2v) is 7.02. The molecule has 0 bridgehead atoms. The van der Waals surface area contributed by atoms with E-state index >= 15 is 0 Å². The number of nitriles is 1. The quantitative estimate of drug-likeness (QED) is 0.371. The van der Waals surface area contributed by atoms with Crippen LogP contribution in [0.2, 0.25) is 0 Å². The van der Waals surface area contributed by atoms with Crippen molar-refractivity contribution in [1.82, 2.24) is 29.7 Å². The fourth-order valence-corrected chi connectivity index (χ4v) is 3.29. The maximum Gasteiger partial charge on any atom is 0.261 e. The lowest BCUT2D eigenvalue weighted by Gasteiger charge is -2.10. The normalized spacial score (nSPS) is 10.9. The van der Waals surface area contributed by atoms with Gasteiger partial charge in [0.25, 0.3) is 11.9 Å². The number of phenols is 1. The molecule has 0 spiro atoms. The molecule has 0 saturated heterocycles. The minimum absolute atomic E-state index is 0.0350. The van der Waals surface area contributed by atoms with Crippen LogP contribution in [0.15, 0.2) is 83.7 Å². The maximum absolute atomic E-state index is 12.9. The monoisotopic (exact) mass is 462 g/mol. The molecular formula is C23H14N10O2. The average molecular weight is 462 g/mol. The van der Waals surface area contributed by atoms with Gasteiger partial charge in [-0.3, -0.25) is 10.1 Å². The summed E-state index contributed by atoms with van der Waals surface area (Å²) in [6.07, 6.45) is 7.32. The molecule has 0 aliphatic carbocycles. The first-order valence-electron chi connectivity index (χ1n) is 10.2. The number of nitrogens with one attached hydrogen (secondary N) is 1. The predicted octanol–water partition coefficient (Wildman–Crippen LogP) is 3.85. The smallest absolute Gasteiger partial charge is 0.261 e. The van der Waals surface area contributed by atoms with Gasteiger partial charge in [0, 0.05) is 30.2 Å². The highest BCUT2D eigenvalue weighted by Crippen LogP contribution is 2.39. The van der Waals surface area contributed by atoms with Crippen molar-refractivity contribution in [2.45, 2.75) is 0 Å². The zero-order chi connectivity index (χ0) is 24.2. The highest BCUT2D eigenvalue weighted by Gasteiger charge is 2.20. The molecule has 3 aromatic heterocycles. The zero-order valence-electron chi connectivity index (χ0n) is 17.8. The Bertz CT molecular complexity index is 1610.